The second-order valence-electron chi connectivity index (χ2n) is 7.11. The van der Waals surface area contributed by atoms with Crippen molar-refractivity contribution in [1.82, 2.24) is 10.2 Å². The van der Waals surface area contributed by atoms with Crippen molar-refractivity contribution >= 4 is 28.7 Å². The van der Waals surface area contributed by atoms with Gasteiger partial charge in [0, 0.05) is 0 Å². The molecule has 1 fully saturated rings. The van der Waals surface area contributed by atoms with E-state index in [0.29, 0.717) is 5.56 Å². The fraction of sp³-hybridized carbons (Fsp3) is 0.174. The Hall–Kier alpha value is -3.67. The molecule has 0 radical (unpaired) electrons. The average Bonchev–Trinajstić information content (AvgIpc) is 2.97. The van der Waals surface area contributed by atoms with Crippen LogP contribution in [-0.4, -0.2) is 29.4 Å². The summed E-state index contributed by atoms with van der Waals surface area (Å²) in [5.41, 5.74) is 0.321. The highest BCUT2D eigenvalue weighted by Gasteiger charge is 2.49. The Bertz CT molecular complexity index is 1090. The van der Waals surface area contributed by atoms with Crippen LogP contribution >= 0.6 is 0 Å². The number of amides is 3. The van der Waals surface area contributed by atoms with Crippen LogP contribution < -0.4 is 5.32 Å². The number of benzene rings is 3. The van der Waals surface area contributed by atoms with E-state index in [1.807, 2.05) is 48.5 Å². The second-order valence-corrected chi connectivity index (χ2v) is 7.11. The molecule has 3 aromatic rings. The van der Waals surface area contributed by atoms with Crippen molar-refractivity contribution in [3.63, 3.8) is 0 Å². The molecule has 1 aliphatic heterocycles. The molecule has 1 heterocycles. The number of ether oxygens (including phenoxy) is 1. The van der Waals surface area contributed by atoms with Gasteiger partial charge in [0.05, 0.1) is 0 Å². The first-order valence-electron chi connectivity index (χ1n) is 9.31. The molecule has 0 spiro atoms. The Morgan fingerprint density at radius 3 is 2.45 bits per heavy atom. The fourth-order valence-corrected chi connectivity index (χ4v) is 3.56. The predicted octanol–water partition coefficient (Wildman–Crippen LogP) is 3.35. The van der Waals surface area contributed by atoms with E-state index < -0.39 is 30.0 Å². The van der Waals surface area contributed by atoms with Crippen molar-refractivity contribution in [2.45, 2.75) is 19.1 Å². The summed E-state index contributed by atoms with van der Waals surface area (Å²) in [6, 6.07) is 21.9. The molecule has 0 aliphatic carbocycles. The van der Waals surface area contributed by atoms with E-state index in [1.54, 1.807) is 31.2 Å². The molecule has 6 heteroatoms. The van der Waals surface area contributed by atoms with E-state index in [-0.39, 0.29) is 6.61 Å². The van der Waals surface area contributed by atoms with Crippen LogP contribution in [0.5, 0.6) is 0 Å². The van der Waals surface area contributed by atoms with Gasteiger partial charge in [0.2, 0.25) is 0 Å². The van der Waals surface area contributed by atoms with E-state index in [4.69, 9.17) is 4.74 Å². The summed E-state index contributed by atoms with van der Waals surface area (Å²) in [4.78, 5) is 38.5. The molecule has 4 rings (SSSR count). The maximum atomic E-state index is 12.9. The van der Waals surface area contributed by atoms with Crippen molar-refractivity contribution in [3.05, 3.63) is 83.9 Å². The zero-order valence-electron chi connectivity index (χ0n) is 15.9. The third-order valence-corrected chi connectivity index (χ3v) is 5.18. The zero-order chi connectivity index (χ0) is 20.4. The van der Waals surface area contributed by atoms with Gasteiger partial charge in [0.1, 0.15) is 18.7 Å². The molecule has 3 amide bonds. The zero-order valence-corrected chi connectivity index (χ0v) is 15.9. The molecular weight excluding hydrogens is 368 g/mol. The SMILES string of the molecule is C[C@@]1(c2ccccc2)NC(=O)N(CC(=O)OCc2cccc3ccccc23)C1=O. The maximum absolute atomic E-state index is 12.9. The number of carbonyl (C=O) groups excluding carboxylic acids is 3. The standard InChI is InChI=1S/C23H20N2O4/c1-23(18-11-3-2-4-12-18)21(27)25(22(28)24-23)14-20(26)29-15-17-10-7-9-16-8-5-6-13-19(16)17/h2-13H,14-15H2,1H3,(H,24,28)/t23-/m0/s1. The number of esters is 1. The Kier molecular flexibility index (Phi) is 4.76. The van der Waals surface area contributed by atoms with Crippen molar-refractivity contribution in [3.8, 4) is 0 Å². The molecule has 0 aromatic heterocycles. The van der Waals surface area contributed by atoms with Crippen LogP contribution in [0.3, 0.4) is 0 Å². The van der Waals surface area contributed by atoms with Gasteiger partial charge in [-0.3, -0.25) is 14.5 Å². The molecule has 0 bridgehead atoms. The molecule has 1 atom stereocenters. The van der Waals surface area contributed by atoms with Crippen LogP contribution in [0, 0.1) is 0 Å². The highest BCUT2D eigenvalue weighted by atomic mass is 16.5. The number of fused-ring (bicyclic) bond motifs is 1. The normalized spacial score (nSPS) is 18.7. The smallest absolute Gasteiger partial charge is 0.326 e. The molecule has 146 valence electrons. The number of urea groups is 1. The van der Waals surface area contributed by atoms with Gasteiger partial charge in [-0.2, -0.15) is 0 Å². The molecule has 29 heavy (non-hydrogen) atoms. The summed E-state index contributed by atoms with van der Waals surface area (Å²) < 4.78 is 5.36. The lowest BCUT2D eigenvalue weighted by molar-refractivity contribution is -0.148. The first-order chi connectivity index (χ1) is 14.0. The summed E-state index contributed by atoms with van der Waals surface area (Å²) >= 11 is 0. The summed E-state index contributed by atoms with van der Waals surface area (Å²) in [7, 11) is 0. The number of nitrogens with zero attached hydrogens (tertiary/aromatic N) is 1. The number of nitrogens with one attached hydrogen (secondary N) is 1. The fourth-order valence-electron chi connectivity index (χ4n) is 3.56. The van der Waals surface area contributed by atoms with Crippen LogP contribution in [0.15, 0.2) is 72.8 Å². The quantitative estimate of drug-likeness (QED) is 0.537. The lowest BCUT2D eigenvalue weighted by Crippen LogP contribution is -2.41. The van der Waals surface area contributed by atoms with Gasteiger partial charge in [0.15, 0.2) is 0 Å². The maximum Gasteiger partial charge on any atom is 0.326 e. The molecule has 1 aliphatic rings. The first-order valence-corrected chi connectivity index (χ1v) is 9.31. The number of rotatable bonds is 5. The topological polar surface area (TPSA) is 75.7 Å². The summed E-state index contributed by atoms with van der Waals surface area (Å²) in [5, 5.41) is 4.72. The number of carbonyl (C=O) groups is 3. The van der Waals surface area contributed by atoms with Crippen LogP contribution in [0.25, 0.3) is 10.8 Å². The average molecular weight is 388 g/mol. The number of hydrogen-bond donors (Lipinski definition) is 1. The second kappa shape index (κ2) is 7.39. The lowest BCUT2D eigenvalue weighted by Gasteiger charge is -2.21. The van der Waals surface area contributed by atoms with Crippen molar-refractivity contribution < 1.29 is 19.1 Å². The van der Waals surface area contributed by atoms with Gasteiger partial charge in [-0.1, -0.05) is 72.8 Å². The largest absolute Gasteiger partial charge is 0.459 e. The number of hydrogen-bond acceptors (Lipinski definition) is 4. The molecule has 0 unspecified atom stereocenters. The summed E-state index contributed by atoms with van der Waals surface area (Å²) in [6.45, 7) is 1.27. The van der Waals surface area contributed by atoms with Crippen LogP contribution in [-0.2, 0) is 26.5 Å². The number of imide groups is 1. The minimum atomic E-state index is -1.20. The molecular formula is C23H20N2O4. The van der Waals surface area contributed by atoms with Gasteiger partial charge >= 0.3 is 12.0 Å². The monoisotopic (exact) mass is 388 g/mol. The van der Waals surface area contributed by atoms with Gasteiger partial charge in [-0.25, -0.2) is 4.79 Å². The van der Waals surface area contributed by atoms with Crippen molar-refractivity contribution in [1.29, 1.82) is 0 Å². The Labute approximate surface area is 168 Å². The molecule has 3 aromatic carbocycles. The van der Waals surface area contributed by atoms with Gasteiger partial charge in [-0.15, -0.1) is 0 Å². The first kappa shape index (κ1) is 18.7. The highest BCUT2D eigenvalue weighted by Crippen LogP contribution is 2.28. The molecule has 6 nitrogen and oxygen atoms in total. The van der Waals surface area contributed by atoms with Gasteiger partial charge in [-0.05, 0) is 28.8 Å². The Morgan fingerprint density at radius 2 is 1.66 bits per heavy atom. The van der Waals surface area contributed by atoms with E-state index in [2.05, 4.69) is 5.32 Å². The summed E-state index contributed by atoms with van der Waals surface area (Å²) in [6.07, 6.45) is 0. The van der Waals surface area contributed by atoms with E-state index in [0.717, 1.165) is 21.2 Å². The molecule has 1 N–H and O–H groups in total. The predicted molar refractivity (Wildman–Crippen MR) is 108 cm³/mol. The van der Waals surface area contributed by atoms with Crippen LogP contribution in [0.4, 0.5) is 4.79 Å². The Morgan fingerprint density at radius 1 is 0.966 bits per heavy atom. The lowest BCUT2D eigenvalue weighted by atomic mass is 9.92. The van der Waals surface area contributed by atoms with Crippen LogP contribution in [0.1, 0.15) is 18.1 Å². The molecule has 0 saturated carbocycles. The van der Waals surface area contributed by atoms with Crippen molar-refractivity contribution in [2.75, 3.05) is 6.54 Å². The highest BCUT2D eigenvalue weighted by molar-refractivity contribution is 6.08. The van der Waals surface area contributed by atoms with E-state index >= 15 is 0 Å². The molecule has 1 saturated heterocycles. The Balaban J connectivity index is 1.44. The minimum Gasteiger partial charge on any atom is -0.459 e. The van der Waals surface area contributed by atoms with Crippen LogP contribution in [0.2, 0.25) is 0 Å². The van der Waals surface area contributed by atoms with Crippen molar-refractivity contribution in [2.24, 2.45) is 0 Å². The van der Waals surface area contributed by atoms with E-state index in [9.17, 15) is 14.4 Å². The third-order valence-electron chi connectivity index (χ3n) is 5.18. The van der Waals surface area contributed by atoms with Gasteiger partial charge in [0.25, 0.3) is 5.91 Å². The minimum absolute atomic E-state index is 0.0692. The third kappa shape index (κ3) is 3.45. The van der Waals surface area contributed by atoms with E-state index in [1.165, 1.54) is 0 Å². The van der Waals surface area contributed by atoms with Gasteiger partial charge < -0.3 is 10.1 Å². The summed E-state index contributed by atoms with van der Waals surface area (Å²) in [5.74, 6) is -1.12.